The van der Waals surface area contributed by atoms with Gasteiger partial charge in [0.15, 0.2) is 0 Å². The van der Waals surface area contributed by atoms with Crippen molar-refractivity contribution in [3.63, 3.8) is 0 Å². The largest absolute Gasteiger partial charge is 0.496 e. The van der Waals surface area contributed by atoms with Crippen molar-refractivity contribution in [2.45, 2.75) is 6.92 Å². The molecule has 0 N–H and O–H groups in total. The smallest absolute Gasteiger partial charge is 0.204 e. The summed E-state index contributed by atoms with van der Waals surface area (Å²) in [4.78, 5) is 15.9. The van der Waals surface area contributed by atoms with Gasteiger partial charge in [-0.15, -0.1) is 0 Å². The molecule has 19 heavy (non-hydrogen) atoms. The van der Waals surface area contributed by atoms with Gasteiger partial charge in [0.2, 0.25) is 5.78 Å². The number of aromatic nitrogens is 1. The van der Waals surface area contributed by atoms with Crippen LogP contribution < -0.4 is 4.74 Å². The number of hydrogen-bond acceptors (Lipinski definition) is 3. The Morgan fingerprint density at radius 3 is 2.79 bits per heavy atom. The van der Waals surface area contributed by atoms with Gasteiger partial charge in [-0.3, -0.25) is 9.78 Å². The molecule has 0 aliphatic rings. The van der Waals surface area contributed by atoms with Gasteiger partial charge in [0, 0.05) is 11.8 Å². The third-order valence-electron chi connectivity index (χ3n) is 2.72. The summed E-state index contributed by atoms with van der Waals surface area (Å²) in [5.41, 5.74) is 2.42. The summed E-state index contributed by atoms with van der Waals surface area (Å²) in [7, 11) is 1.62. The summed E-state index contributed by atoms with van der Waals surface area (Å²) in [6.45, 7) is 2.00. The first-order valence-corrected chi connectivity index (χ1v) is 5.99. The van der Waals surface area contributed by atoms with E-state index in [0.717, 1.165) is 16.9 Å². The molecule has 0 fully saturated rings. The lowest BCUT2D eigenvalue weighted by Gasteiger charge is -2.05. The van der Waals surface area contributed by atoms with E-state index < -0.39 is 0 Å². The number of hydrogen-bond donors (Lipinski definition) is 0. The molecular formula is C16H15NO2. The Hall–Kier alpha value is -2.42. The third-order valence-corrected chi connectivity index (χ3v) is 2.72. The lowest BCUT2D eigenvalue weighted by Crippen LogP contribution is -1.97. The Kier molecular flexibility index (Phi) is 4.08. The number of ether oxygens (including phenoxy) is 1. The van der Waals surface area contributed by atoms with Crippen LogP contribution in [-0.2, 0) is 0 Å². The fourth-order valence-electron chi connectivity index (χ4n) is 1.72. The number of aryl methyl sites for hydroxylation is 1. The summed E-state index contributed by atoms with van der Waals surface area (Å²) in [6.07, 6.45) is 4.86. The van der Waals surface area contributed by atoms with Gasteiger partial charge >= 0.3 is 0 Å². The van der Waals surface area contributed by atoms with Crippen LogP contribution in [0.4, 0.5) is 0 Å². The summed E-state index contributed by atoms with van der Waals surface area (Å²) in [5, 5.41) is 0. The Bertz CT molecular complexity index is 603. The number of nitrogens with zero attached hydrogens (tertiary/aromatic N) is 1. The van der Waals surface area contributed by atoms with Gasteiger partial charge in [0.1, 0.15) is 11.4 Å². The van der Waals surface area contributed by atoms with Crippen LogP contribution in [0.25, 0.3) is 6.08 Å². The highest BCUT2D eigenvalue weighted by molar-refractivity contribution is 6.05. The first kappa shape index (κ1) is 13.0. The Morgan fingerprint density at radius 1 is 1.26 bits per heavy atom. The minimum Gasteiger partial charge on any atom is -0.496 e. The highest BCUT2D eigenvalue weighted by Crippen LogP contribution is 2.21. The monoisotopic (exact) mass is 253 g/mol. The van der Waals surface area contributed by atoms with Crippen molar-refractivity contribution < 1.29 is 9.53 Å². The second-order valence-electron chi connectivity index (χ2n) is 4.16. The molecule has 1 aromatic heterocycles. The first-order valence-electron chi connectivity index (χ1n) is 5.99. The molecule has 0 saturated carbocycles. The van der Waals surface area contributed by atoms with Gasteiger partial charge in [-0.1, -0.05) is 18.2 Å². The van der Waals surface area contributed by atoms with E-state index in [4.69, 9.17) is 4.74 Å². The maximum atomic E-state index is 11.9. The quantitative estimate of drug-likeness (QED) is 0.620. The van der Waals surface area contributed by atoms with Crippen LogP contribution >= 0.6 is 0 Å². The SMILES string of the molecule is COc1cc(C)ccc1/C=C/C(=O)c1ccccn1. The standard InChI is InChI=1S/C16H15NO2/c1-12-6-7-13(16(11-12)19-2)8-9-15(18)14-5-3-4-10-17-14/h3-11H,1-2H3/b9-8+. The zero-order valence-corrected chi connectivity index (χ0v) is 11.0. The Morgan fingerprint density at radius 2 is 2.11 bits per heavy atom. The number of rotatable bonds is 4. The highest BCUT2D eigenvalue weighted by Gasteiger charge is 2.03. The van der Waals surface area contributed by atoms with Gasteiger partial charge in [-0.25, -0.2) is 0 Å². The van der Waals surface area contributed by atoms with Crippen LogP contribution in [0.3, 0.4) is 0 Å². The van der Waals surface area contributed by atoms with Gasteiger partial charge in [0.05, 0.1) is 7.11 Å². The average Bonchev–Trinajstić information content (AvgIpc) is 2.46. The number of carbonyl (C=O) groups excluding carboxylic acids is 1. The fraction of sp³-hybridized carbons (Fsp3) is 0.125. The van der Waals surface area contributed by atoms with Crippen molar-refractivity contribution in [3.05, 3.63) is 65.5 Å². The van der Waals surface area contributed by atoms with Crippen LogP contribution in [0, 0.1) is 6.92 Å². The van der Waals surface area contributed by atoms with E-state index in [1.54, 1.807) is 37.6 Å². The summed E-state index contributed by atoms with van der Waals surface area (Å²) in [5.74, 6) is 0.633. The summed E-state index contributed by atoms with van der Waals surface area (Å²) >= 11 is 0. The predicted octanol–water partition coefficient (Wildman–Crippen LogP) is 3.29. The molecular weight excluding hydrogens is 238 g/mol. The molecule has 0 bridgehead atoms. The van der Waals surface area contributed by atoms with Crippen molar-refractivity contribution in [3.8, 4) is 5.75 Å². The molecule has 96 valence electrons. The minimum atomic E-state index is -0.122. The van der Waals surface area contributed by atoms with Crippen LogP contribution in [-0.4, -0.2) is 17.9 Å². The Balaban J connectivity index is 2.21. The second-order valence-corrected chi connectivity index (χ2v) is 4.16. The molecule has 0 radical (unpaired) electrons. The number of benzene rings is 1. The number of allylic oxidation sites excluding steroid dienone is 1. The van der Waals surface area contributed by atoms with Gasteiger partial charge in [0.25, 0.3) is 0 Å². The molecule has 3 nitrogen and oxygen atoms in total. The minimum absolute atomic E-state index is 0.122. The maximum absolute atomic E-state index is 11.9. The average molecular weight is 253 g/mol. The number of ketones is 1. The van der Waals surface area contributed by atoms with Gasteiger partial charge < -0.3 is 4.74 Å². The van der Waals surface area contributed by atoms with Crippen molar-refractivity contribution in [1.29, 1.82) is 0 Å². The second kappa shape index (κ2) is 5.96. The molecule has 1 aromatic carbocycles. The van der Waals surface area contributed by atoms with E-state index >= 15 is 0 Å². The maximum Gasteiger partial charge on any atom is 0.204 e. The van der Waals surface area contributed by atoms with Crippen LogP contribution in [0.2, 0.25) is 0 Å². The summed E-state index contributed by atoms with van der Waals surface area (Å²) < 4.78 is 5.29. The third kappa shape index (κ3) is 3.28. The predicted molar refractivity (Wildman–Crippen MR) is 75.3 cm³/mol. The first-order chi connectivity index (χ1) is 9.20. The fourth-order valence-corrected chi connectivity index (χ4v) is 1.72. The summed E-state index contributed by atoms with van der Waals surface area (Å²) in [6, 6.07) is 11.1. The molecule has 0 spiro atoms. The number of pyridine rings is 1. The van der Waals surface area contributed by atoms with E-state index in [2.05, 4.69) is 4.98 Å². The molecule has 0 aliphatic heterocycles. The van der Waals surface area contributed by atoms with E-state index in [1.807, 2.05) is 25.1 Å². The van der Waals surface area contributed by atoms with Crippen LogP contribution in [0.5, 0.6) is 5.75 Å². The van der Waals surface area contributed by atoms with Crippen molar-refractivity contribution >= 4 is 11.9 Å². The van der Waals surface area contributed by atoms with Crippen molar-refractivity contribution in [2.75, 3.05) is 7.11 Å². The normalized spacial score (nSPS) is 10.6. The molecule has 2 aromatic rings. The molecule has 1 heterocycles. The highest BCUT2D eigenvalue weighted by atomic mass is 16.5. The molecule has 0 unspecified atom stereocenters. The lowest BCUT2D eigenvalue weighted by atomic mass is 10.1. The zero-order valence-electron chi connectivity index (χ0n) is 11.0. The zero-order chi connectivity index (χ0) is 13.7. The van der Waals surface area contributed by atoms with Crippen LogP contribution in [0.15, 0.2) is 48.7 Å². The number of methoxy groups -OCH3 is 1. The van der Waals surface area contributed by atoms with E-state index in [0.29, 0.717) is 5.69 Å². The van der Waals surface area contributed by atoms with E-state index in [-0.39, 0.29) is 5.78 Å². The van der Waals surface area contributed by atoms with Gasteiger partial charge in [-0.05, 0) is 42.8 Å². The van der Waals surface area contributed by atoms with Crippen molar-refractivity contribution in [1.82, 2.24) is 4.98 Å². The van der Waals surface area contributed by atoms with Crippen LogP contribution in [0.1, 0.15) is 21.6 Å². The molecule has 0 atom stereocenters. The number of carbonyl (C=O) groups is 1. The molecule has 0 saturated heterocycles. The van der Waals surface area contributed by atoms with E-state index in [1.165, 1.54) is 6.08 Å². The molecule has 0 aliphatic carbocycles. The molecule has 3 heteroatoms. The van der Waals surface area contributed by atoms with E-state index in [9.17, 15) is 4.79 Å². The van der Waals surface area contributed by atoms with Crippen molar-refractivity contribution in [2.24, 2.45) is 0 Å². The molecule has 0 amide bonds. The topological polar surface area (TPSA) is 39.2 Å². The van der Waals surface area contributed by atoms with Gasteiger partial charge in [-0.2, -0.15) is 0 Å². The lowest BCUT2D eigenvalue weighted by molar-refractivity contribution is 0.104. The molecule has 2 rings (SSSR count). The Labute approximate surface area is 112 Å².